The van der Waals surface area contributed by atoms with Crippen LogP contribution in [-0.2, 0) is 4.79 Å². The minimum Gasteiger partial charge on any atom is -0.325 e. The highest BCUT2D eigenvalue weighted by atomic mass is 35.5. The van der Waals surface area contributed by atoms with Gasteiger partial charge in [-0.2, -0.15) is 11.8 Å². The lowest BCUT2D eigenvalue weighted by atomic mass is 10.2. The molecule has 0 spiro atoms. The molecule has 0 heterocycles. The number of amides is 1. The number of carbonyl (C=O) groups excluding carboxylic acids is 1. The van der Waals surface area contributed by atoms with Gasteiger partial charge in [0.1, 0.15) is 0 Å². The van der Waals surface area contributed by atoms with Gasteiger partial charge in [-0.3, -0.25) is 4.79 Å². The molecule has 100 valence electrons. The van der Waals surface area contributed by atoms with Crippen molar-refractivity contribution in [2.75, 3.05) is 37.5 Å². The second-order valence-corrected chi connectivity index (χ2v) is 5.88. The van der Waals surface area contributed by atoms with E-state index in [1.54, 1.807) is 17.8 Å². The SMILES string of the molecule is Cc1ccc(NC(=O)CSCCN(C)C)cc1Cl. The molecule has 5 heteroatoms. The molecule has 0 radical (unpaired) electrons. The molecular formula is C13H19ClN2OS. The number of anilines is 1. The maximum absolute atomic E-state index is 11.7. The van der Waals surface area contributed by atoms with Crippen molar-refractivity contribution in [1.29, 1.82) is 0 Å². The summed E-state index contributed by atoms with van der Waals surface area (Å²) in [4.78, 5) is 13.8. The molecule has 0 bridgehead atoms. The Kier molecular flexibility index (Phi) is 6.54. The summed E-state index contributed by atoms with van der Waals surface area (Å²) in [5.74, 6) is 1.44. The summed E-state index contributed by atoms with van der Waals surface area (Å²) < 4.78 is 0. The van der Waals surface area contributed by atoms with Gasteiger partial charge in [0.15, 0.2) is 0 Å². The number of benzene rings is 1. The highest BCUT2D eigenvalue weighted by Crippen LogP contribution is 2.20. The molecule has 0 atom stereocenters. The maximum Gasteiger partial charge on any atom is 0.234 e. The minimum absolute atomic E-state index is 0.0127. The van der Waals surface area contributed by atoms with Crippen molar-refractivity contribution >= 4 is 35.0 Å². The number of thioether (sulfide) groups is 1. The number of aryl methyl sites for hydroxylation is 1. The van der Waals surface area contributed by atoms with Crippen LogP contribution in [0.5, 0.6) is 0 Å². The molecule has 1 aromatic rings. The summed E-state index contributed by atoms with van der Waals surface area (Å²) in [5.41, 5.74) is 1.76. The summed E-state index contributed by atoms with van der Waals surface area (Å²) in [6, 6.07) is 5.54. The normalized spacial score (nSPS) is 10.7. The van der Waals surface area contributed by atoms with Crippen LogP contribution in [0.2, 0.25) is 5.02 Å². The zero-order chi connectivity index (χ0) is 13.5. The molecule has 0 aliphatic carbocycles. The zero-order valence-corrected chi connectivity index (χ0v) is 12.6. The Labute approximate surface area is 118 Å². The van der Waals surface area contributed by atoms with Crippen LogP contribution >= 0.6 is 23.4 Å². The lowest BCUT2D eigenvalue weighted by molar-refractivity contribution is -0.113. The first-order chi connectivity index (χ1) is 8.49. The van der Waals surface area contributed by atoms with Crippen LogP contribution in [0.25, 0.3) is 0 Å². The first-order valence-electron chi connectivity index (χ1n) is 5.77. The van der Waals surface area contributed by atoms with E-state index in [2.05, 4.69) is 10.2 Å². The molecule has 1 aromatic carbocycles. The van der Waals surface area contributed by atoms with E-state index < -0.39 is 0 Å². The fourth-order valence-corrected chi connectivity index (χ4v) is 2.36. The third-order valence-corrected chi connectivity index (χ3v) is 3.72. The molecule has 0 aromatic heterocycles. The van der Waals surface area contributed by atoms with E-state index in [0.29, 0.717) is 10.8 Å². The van der Waals surface area contributed by atoms with E-state index >= 15 is 0 Å². The molecule has 3 nitrogen and oxygen atoms in total. The second-order valence-electron chi connectivity index (χ2n) is 4.37. The zero-order valence-electron chi connectivity index (χ0n) is 11.0. The van der Waals surface area contributed by atoms with Gasteiger partial charge in [-0.25, -0.2) is 0 Å². The van der Waals surface area contributed by atoms with Gasteiger partial charge in [0, 0.05) is 23.0 Å². The highest BCUT2D eigenvalue weighted by molar-refractivity contribution is 7.99. The third-order valence-electron chi connectivity index (χ3n) is 2.37. The number of halogens is 1. The van der Waals surface area contributed by atoms with E-state index in [4.69, 9.17) is 11.6 Å². The molecule has 0 aliphatic rings. The first-order valence-corrected chi connectivity index (χ1v) is 7.31. The molecule has 0 aliphatic heterocycles. The van der Waals surface area contributed by atoms with E-state index in [9.17, 15) is 4.79 Å². The van der Waals surface area contributed by atoms with Crippen molar-refractivity contribution in [3.8, 4) is 0 Å². The quantitative estimate of drug-likeness (QED) is 0.816. The van der Waals surface area contributed by atoms with Gasteiger partial charge < -0.3 is 10.2 Å². The van der Waals surface area contributed by atoms with Gasteiger partial charge >= 0.3 is 0 Å². The largest absolute Gasteiger partial charge is 0.325 e. The Morgan fingerprint density at radius 1 is 1.44 bits per heavy atom. The van der Waals surface area contributed by atoms with Crippen molar-refractivity contribution in [2.24, 2.45) is 0 Å². The van der Waals surface area contributed by atoms with Crippen molar-refractivity contribution in [3.63, 3.8) is 0 Å². The van der Waals surface area contributed by atoms with E-state index in [1.165, 1.54) is 0 Å². The van der Waals surface area contributed by atoms with Gasteiger partial charge in [-0.15, -0.1) is 0 Å². The predicted molar refractivity (Wildman–Crippen MR) is 80.7 cm³/mol. The Bertz CT molecular complexity index is 410. The van der Waals surface area contributed by atoms with Gasteiger partial charge in [-0.05, 0) is 38.7 Å². The Hall–Kier alpha value is -0.710. The molecule has 0 saturated carbocycles. The molecule has 1 rings (SSSR count). The Morgan fingerprint density at radius 3 is 2.78 bits per heavy atom. The van der Waals surface area contributed by atoms with Crippen molar-refractivity contribution in [3.05, 3.63) is 28.8 Å². The number of hydrogen-bond donors (Lipinski definition) is 1. The van der Waals surface area contributed by atoms with Crippen LogP contribution in [0, 0.1) is 6.92 Å². The Balaban J connectivity index is 2.33. The average molecular weight is 287 g/mol. The molecular weight excluding hydrogens is 268 g/mol. The van der Waals surface area contributed by atoms with Crippen LogP contribution in [0.4, 0.5) is 5.69 Å². The molecule has 18 heavy (non-hydrogen) atoms. The predicted octanol–water partition coefficient (Wildman–Crippen LogP) is 2.88. The summed E-state index contributed by atoms with van der Waals surface area (Å²) >= 11 is 7.63. The van der Waals surface area contributed by atoms with Gasteiger partial charge in [0.25, 0.3) is 0 Å². The summed E-state index contributed by atoms with van der Waals surface area (Å²) in [7, 11) is 4.05. The molecule has 0 unspecified atom stereocenters. The average Bonchev–Trinajstić information content (AvgIpc) is 2.29. The van der Waals surface area contributed by atoms with E-state index in [-0.39, 0.29) is 5.91 Å². The van der Waals surface area contributed by atoms with Gasteiger partial charge in [0.05, 0.1) is 5.75 Å². The van der Waals surface area contributed by atoms with Crippen LogP contribution in [0.15, 0.2) is 18.2 Å². The standard InChI is InChI=1S/C13H19ClN2OS/c1-10-4-5-11(8-12(10)14)15-13(17)9-18-7-6-16(2)3/h4-5,8H,6-7,9H2,1-3H3,(H,15,17). The van der Waals surface area contributed by atoms with Crippen molar-refractivity contribution in [1.82, 2.24) is 4.90 Å². The molecule has 0 fully saturated rings. The van der Waals surface area contributed by atoms with Crippen LogP contribution < -0.4 is 5.32 Å². The number of nitrogens with one attached hydrogen (secondary N) is 1. The topological polar surface area (TPSA) is 32.3 Å². The number of carbonyl (C=O) groups is 1. The monoisotopic (exact) mass is 286 g/mol. The van der Waals surface area contributed by atoms with Crippen molar-refractivity contribution in [2.45, 2.75) is 6.92 Å². The minimum atomic E-state index is 0.0127. The van der Waals surface area contributed by atoms with Crippen LogP contribution in [-0.4, -0.2) is 43.0 Å². The summed E-state index contributed by atoms with van der Waals surface area (Å²) in [6.07, 6.45) is 0. The summed E-state index contributed by atoms with van der Waals surface area (Å²) in [6.45, 7) is 2.92. The highest BCUT2D eigenvalue weighted by Gasteiger charge is 2.04. The molecule has 0 saturated heterocycles. The van der Waals surface area contributed by atoms with E-state index in [0.717, 1.165) is 23.5 Å². The van der Waals surface area contributed by atoms with Gasteiger partial charge in [-0.1, -0.05) is 17.7 Å². The number of nitrogens with zero attached hydrogens (tertiary/aromatic N) is 1. The smallest absolute Gasteiger partial charge is 0.234 e. The third kappa shape index (κ3) is 5.76. The summed E-state index contributed by atoms with van der Waals surface area (Å²) in [5, 5.41) is 3.51. The second kappa shape index (κ2) is 7.67. The molecule has 1 N–H and O–H groups in total. The van der Waals surface area contributed by atoms with Gasteiger partial charge in [0.2, 0.25) is 5.91 Å². The van der Waals surface area contributed by atoms with Crippen LogP contribution in [0.1, 0.15) is 5.56 Å². The number of hydrogen-bond acceptors (Lipinski definition) is 3. The van der Waals surface area contributed by atoms with Crippen LogP contribution in [0.3, 0.4) is 0 Å². The number of rotatable bonds is 6. The maximum atomic E-state index is 11.7. The fourth-order valence-electron chi connectivity index (χ4n) is 1.28. The lowest BCUT2D eigenvalue weighted by Crippen LogP contribution is -2.18. The lowest BCUT2D eigenvalue weighted by Gasteiger charge is -2.09. The fraction of sp³-hybridized carbons (Fsp3) is 0.462. The van der Waals surface area contributed by atoms with Crippen molar-refractivity contribution < 1.29 is 4.79 Å². The molecule has 1 amide bonds. The first kappa shape index (κ1) is 15.3. The van der Waals surface area contributed by atoms with E-state index in [1.807, 2.05) is 33.2 Å². The Morgan fingerprint density at radius 2 is 2.17 bits per heavy atom.